The summed E-state index contributed by atoms with van der Waals surface area (Å²) in [4.78, 5) is 2.77. The molecule has 1 nitrogen and oxygen atoms in total. The molecular weight excluding hydrogens is 335 g/mol. The molecule has 0 aliphatic heterocycles. The first-order valence-corrected chi connectivity index (χ1v) is 7.38. The molecule has 0 bridgehead atoms. The molecule has 2 aromatic rings. The number of aromatic nitrogens is 1. The third kappa shape index (κ3) is 3.35. The van der Waals surface area contributed by atoms with E-state index in [0.717, 1.165) is 22.0 Å². The SMILES string of the molecule is FC(F)(F)C(Br)CSc1nc2ccccc2s1. The lowest BCUT2D eigenvalue weighted by Gasteiger charge is -2.11. The summed E-state index contributed by atoms with van der Waals surface area (Å²) in [5, 5.41) is 0. The Morgan fingerprint density at radius 3 is 2.71 bits per heavy atom. The lowest BCUT2D eigenvalue weighted by molar-refractivity contribution is -0.122. The predicted molar refractivity (Wildman–Crippen MR) is 69.1 cm³/mol. The van der Waals surface area contributed by atoms with E-state index >= 15 is 0 Å². The van der Waals surface area contributed by atoms with Crippen LogP contribution in [0.4, 0.5) is 13.2 Å². The molecule has 1 aromatic heterocycles. The van der Waals surface area contributed by atoms with E-state index in [1.807, 2.05) is 24.3 Å². The molecule has 1 heterocycles. The van der Waals surface area contributed by atoms with Crippen LogP contribution < -0.4 is 0 Å². The predicted octanol–water partition coefficient (Wildman–Crippen LogP) is 4.71. The van der Waals surface area contributed by atoms with Gasteiger partial charge in [-0.3, -0.25) is 0 Å². The Morgan fingerprint density at radius 1 is 1.35 bits per heavy atom. The van der Waals surface area contributed by atoms with E-state index in [1.165, 1.54) is 11.3 Å². The van der Waals surface area contributed by atoms with E-state index < -0.39 is 11.0 Å². The Bertz CT molecular complexity index is 478. The number of rotatable bonds is 3. The second kappa shape index (κ2) is 5.16. The Balaban J connectivity index is 2.04. The number of nitrogens with zero attached hydrogens (tertiary/aromatic N) is 1. The van der Waals surface area contributed by atoms with Crippen molar-refractivity contribution in [3.63, 3.8) is 0 Å². The molecule has 0 aliphatic carbocycles. The largest absolute Gasteiger partial charge is 0.402 e. The zero-order valence-electron chi connectivity index (χ0n) is 8.37. The van der Waals surface area contributed by atoms with E-state index in [1.54, 1.807) is 0 Å². The van der Waals surface area contributed by atoms with Crippen molar-refractivity contribution >= 4 is 49.2 Å². The van der Waals surface area contributed by atoms with Gasteiger partial charge >= 0.3 is 6.18 Å². The van der Waals surface area contributed by atoms with Gasteiger partial charge in [-0.25, -0.2) is 4.98 Å². The van der Waals surface area contributed by atoms with Gasteiger partial charge in [0.15, 0.2) is 4.34 Å². The van der Waals surface area contributed by atoms with Crippen molar-refractivity contribution in [3.05, 3.63) is 24.3 Å². The summed E-state index contributed by atoms with van der Waals surface area (Å²) in [6.07, 6.45) is -4.20. The van der Waals surface area contributed by atoms with Crippen molar-refractivity contribution in [2.75, 3.05) is 5.75 Å². The normalized spacial score (nSPS) is 14.1. The molecule has 0 aliphatic rings. The van der Waals surface area contributed by atoms with E-state index in [0.29, 0.717) is 4.34 Å². The summed E-state index contributed by atoms with van der Waals surface area (Å²) < 4.78 is 38.5. The minimum Gasteiger partial charge on any atom is -0.230 e. The fourth-order valence-electron chi connectivity index (χ4n) is 1.15. The van der Waals surface area contributed by atoms with Crippen molar-refractivity contribution in [2.45, 2.75) is 15.3 Å². The topological polar surface area (TPSA) is 12.9 Å². The fourth-order valence-corrected chi connectivity index (χ4v) is 3.60. The quantitative estimate of drug-likeness (QED) is 0.592. The standard InChI is InChI=1S/C10H7BrF3NS2/c11-8(10(12,13)14)5-16-9-15-6-3-1-2-4-7(6)17-9/h1-4,8H,5H2. The molecule has 92 valence electrons. The molecule has 0 amide bonds. The van der Waals surface area contributed by atoms with Gasteiger partial charge in [-0.1, -0.05) is 39.8 Å². The number of halogens is 4. The summed E-state index contributed by atoms with van der Waals surface area (Å²) in [5.41, 5.74) is 0.832. The van der Waals surface area contributed by atoms with Gasteiger partial charge in [-0.05, 0) is 12.1 Å². The first-order chi connectivity index (χ1) is 7.97. The number of alkyl halides is 4. The summed E-state index contributed by atoms with van der Waals surface area (Å²) >= 11 is 5.17. The molecule has 1 aromatic carbocycles. The van der Waals surface area contributed by atoms with Gasteiger partial charge in [-0.2, -0.15) is 13.2 Å². The third-order valence-electron chi connectivity index (χ3n) is 1.98. The number of thioether (sulfide) groups is 1. The molecule has 0 spiro atoms. The van der Waals surface area contributed by atoms with E-state index in [2.05, 4.69) is 20.9 Å². The Kier molecular flexibility index (Phi) is 3.99. The van der Waals surface area contributed by atoms with Crippen LogP contribution in [0.5, 0.6) is 0 Å². The van der Waals surface area contributed by atoms with Crippen LogP contribution in [0.3, 0.4) is 0 Å². The third-order valence-corrected chi connectivity index (χ3v) is 5.53. The minimum atomic E-state index is -4.20. The first-order valence-electron chi connectivity index (χ1n) is 4.66. The summed E-state index contributed by atoms with van der Waals surface area (Å²) in [7, 11) is 0. The molecular formula is C10H7BrF3NS2. The van der Waals surface area contributed by atoms with Gasteiger partial charge < -0.3 is 0 Å². The van der Waals surface area contributed by atoms with Crippen LogP contribution in [0.2, 0.25) is 0 Å². The molecule has 1 atom stereocenters. The van der Waals surface area contributed by atoms with Crippen molar-refractivity contribution in [1.29, 1.82) is 0 Å². The monoisotopic (exact) mass is 341 g/mol. The molecule has 0 fully saturated rings. The van der Waals surface area contributed by atoms with Crippen LogP contribution in [0.25, 0.3) is 10.2 Å². The van der Waals surface area contributed by atoms with Crippen LogP contribution in [0, 0.1) is 0 Å². The highest BCUT2D eigenvalue weighted by atomic mass is 79.9. The number of fused-ring (bicyclic) bond motifs is 1. The highest BCUT2D eigenvalue weighted by Gasteiger charge is 2.37. The van der Waals surface area contributed by atoms with E-state index in [9.17, 15) is 13.2 Å². The maximum Gasteiger partial charge on any atom is 0.402 e. The summed E-state index contributed by atoms with van der Waals surface area (Å²) in [6.45, 7) is 0. The number of hydrogen-bond acceptors (Lipinski definition) is 3. The Morgan fingerprint density at radius 2 is 2.06 bits per heavy atom. The molecule has 0 saturated carbocycles. The van der Waals surface area contributed by atoms with Crippen LogP contribution in [0.1, 0.15) is 0 Å². The van der Waals surface area contributed by atoms with Crippen molar-refractivity contribution in [1.82, 2.24) is 4.98 Å². The molecule has 7 heteroatoms. The van der Waals surface area contributed by atoms with E-state index in [-0.39, 0.29) is 5.75 Å². The number of benzene rings is 1. The second-order valence-corrected chi connectivity index (χ2v) is 6.67. The maximum atomic E-state index is 12.3. The lowest BCUT2D eigenvalue weighted by atomic mass is 10.3. The minimum absolute atomic E-state index is 0.0661. The van der Waals surface area contributed by atoms with Crippen LogP contribution in [0.15, 0.2) is 28.6 Å². The lowest BCUT2D eigenvalue weighted by Crippen LogP contribution is -2.24. The molecule has 0 saturated heterocycles. The van der Waals surface area contributed by atoms with Gasteiger partial charge in [0, 0.05) is 5.75 Å². The summed E-state index contributed by atoms with van der Waals surface area (Å²) in [5.74, 6) is -0.0661. The summed E-state index contributed by atoms with van der Waals surface area (Å²) in [6, 6.07) is 7.51. The Hall–Kier alpha value is -0.270. The van der Waals surface area contributed by atoms with Gasteiger partial charge in [0.1, 0.15) is 4.83 Å². The van der Waals surface area contributed by atoms with Gasteiger partial charge in [0.25, 0.3) is 0 Å². The molecule has 17 heavy (non-hydrogen) atoms. The maximum absolute atomic E-state index is 12.3. The van der Waals surface area contributed by atoms with Gasteiger partial charge in [-0.15, -0.1) is 11.3 Å². The second-order valence-electron chi connectivity index (χ2n) is 3.27. The molecule has 0 radical (unpaired) electrons. The van der Waals surface area contributed by atoms with Crippen molar-refractivity contribution < 1.29 is 13.2 Å². The molecule has 1 unspecified atom stereocenters. The van der Waals surface area contributed by atoms with E-state index in [4.69, 9.17) is 0 Å². The highest BCUT2D eigenvalue weighted by molar-refractivity contribution is 9.09. The highest BCUT2D eigenvalue weighted by Crippen LogP contribution is 2.34. The van der Waals surface area contributed by atoms with Crippen molar-refractivity contribution in [3.8, 4) is 0 Å². The van der Waals surface area contributed by atoms with Gasteiger partial charge in [0.05, 0.1) is 10.2 Å². The van der Waals surface area contributed by atoms with Crippen LogP contribution in [-0.4, -0.2) is 21.7 Å². The number of para-hydroxylation sites is 1. The van der Waals surface area contributed by atoms with Crippen LogP contribution >= 0.6 is 39.0 Å². The number of hydrogen-bond donors (Lipinski definition) is 0. The smallest absolute Gasteiger partial charge is 0.230 e. The first kappa shape index (κ1) is 13.2. The average molecular weight is 342 g/mol. The zero-order chi connectivity index (χ0) is 12.5. The fraction of sp³-hybridized carbons (Fsp3) is 0.300. The van der Waals surface area contributed by atoms with Crippen LogP contribution in [-0.2, 0) is 0 Å². The Labute approximate surface area is 113 Å². The van der Waals surface area contributed by atoms with Crippen molar-refractivity contribution in [2.24, 2.45) is 0 Å². The zero-order valence-corrected chi connectivity index (χ0v) is 11.6. The molecule has 0 N–H and O–H groups in total. The number of thiazole rings is 1. The average Bonchev–Trinajstić information content (AvgIpc) is 2.66. The molecule has 2 rings (SSSR count). The van der Waals surface area contributed by atoms with Gasteiger partial charge in [0.2, 0.25) is 0 Å².